The van der Waals surface area contributed by atoms with Gasteiger partial charge in [-0.2, -0.15) is 4.37 Å². The summed E-state index contributed by atoms with van der Waals surface area (Å²) in [6, 6.07) is 2.65. The van der Waals surface area contributed by atoms with Crippen molar-refractivity contribution in [3.63, 3.8) is 0 Å². The van der Waals surface area contributed by atoms with Crippen molar-refractivity contribution in [3.05, 3.63) is 28.7 Å². The molecule has 1 aromatic carbocycles. The highest BCUT2D eigenvalue weighted by Gasteiger charge is 2.22. The highest BCUT2D eigenvalue weighted by Crippen LogP contribution is 2.29. The van der Waals surface area contributed by atoms with E-state index in [-0.39, 0.29) is 11.2 Å². The molecule has 0 radical (unpaired) electrons. The van der Waals surface area contributed by atoms with E-state index in [1.54, 1.807) is 0 Å². The molecule has 0 aliphatic heterocycles. The SMILES string of the molecule is C[C@H](N)CCCCCCNc1cc(F)c(S(=O)(=O)Nc2ncns2)cc1Br. The molecule has 0 aliphatic carbocycles. The van der Waals surface area contributed by atoms with Gasteiger partial charge in [0, 0.05) is 28.6 Å². The number of sulfonamides is 1. The number of benzene rings is 1. The molecular formula is C16H23BrFN5O2S2. The van der Waals surface area contributed by atoms with Gasteiger partial charge in [0.1, 0.15) is 17.0 Å². The van der Waals surface area contributed by atoms with Gasteiger partial charge in [0.25, 0.3) is 10.0 Å². The van der Waals surface area contributed by atoms with Gasteiger partial charge in [-0.05, 0) is 47.8 Å². The molecule has 0 spiro atoms. The van der Waals surface area contributed by atoms with Crippen molar-refractivity contribution in [2.24, 2.45) is 5.73 Å². The third-order valence-corrected chi connectivity index (χ3v) is 6.52. The molecule has 1 atom stereocenters. The number of anilines is 2. The first kappa shape index (κ1) is 22.0. The summed E-state index contributed by atoms with van der Waals surface area (Å²) in [7, 11) is -4.08. The Bertz CT molecular complexity index is 832. The summed E-state index contributed by atoms with van der Waals surface area (Å²) in [5.41, 5.74) is 6.23. The van der Waals surface area contributed by atoms with Gasteiger partial charge in [-0.15, -0.1) is 0 Å². The molecule has 150 valence electrons. The Balaban J connectivity index is 1.92. The van der Waals surface area contributed by atoms with Gasteiger partial charge in [0.2, 0.25) is 5.13 Å². The molecule has 4 N–H and O–H groups in total. The van der Waals surface area contributed by atoms with E-state index in [4.69, 9.17) is 5.73 Å². The number of rotatable bonds is 11. The number of nitrogens with two attached hydrogens (primary N) is 1. The summed E-state index contributed by atoms with van der Waals surface area (Å²) in [6.07, 6.45) is 6.44. The summed E-state index contributed by atoms with van der Waals surface area (Å²) in [5, 5.41) is 3.21. The lowest BCUT2D eigenvalue weighted by atomic mass is 10.1. The number of hydrogen-bond donors (Lipinski definition) is 3. The van der Waals surface area contributed by atoms with Crippen LogP contribution in [0.15, 0.2) is 27.8 Å². The first-order valence-electron chi connectivity index (χ1n) is 8.57. The molecule has 0 saturated carbocycles. The quantitative estimate of drug-likeness (QED) is 0.420. The third kappa shape index (κ3) is 6.98. The van der Waals surface area contributed by atoms with Crippen molar-refractivity contribution >= 4 is 48.3 Å². The minimum Gasteiger partial charge on any atom is -0.384 e. The van der Waals surface area contributed by atoms with E-state index in [1.165, 1.54) is 18.5 Å². The summed E-state index contributed by atoms with van der Waals surface area (Å²) >= 11 is 4.17. The zero-order valence-corrected chi connectivity index (χ0v) is 18.1. The molecule has 27 heavy (non-hydrogen) atoms. The van der Waals surface area contributed by atoms with Crippen molar-refractivity contribution in [3.8, 4) is 0 Å². The molecule has 0 amide bonds. The number of unbranched alkanes of at least 4 members (excludes halogenated alkanes) is 3. The predicted octanol–water partition coefficient (Wildman–Crippen LogP) is 3.95. The number of nitrogens with one attached hydrogen (secondary N) is 2. The molecule has 2 rings (SSSR count). The molecule has 2 aromatic rings. The maximum absolute atomic E-state index is 14.4. The van der Waals surface area contributed by atoms with Gasteiger partial charge >= 0.3 is 0 Å². The van der Waals surface area contributed by atoms with E-state index in [0.29, 0.717) is 16.7 Å². The average Bonchev–Trinajstić information content (AvgIpc) is 3.08. The molecule has 7 nitrogen and oxygen atoms in total. The molecule has 1 heterocycles. The zero-order chi connectivity index (χ0) is 19.9. The van der Waals surface area contributed by atoms with Crippen LogP contribution >= 0.6 is 27.5 Å². The van der Waals surface area contributed by atoms with Gasteiger partial charge in [0.15, 0.2) is 0 Å². The van der Waals surface area contributed by atoms with E-state index < -0.39 is 20.7 Å². The third-order valence-electron chi connectivity index (χ3n) is 3.80. The number of halogens is 2. The molecular weight excluding hydrogens is 457 g/mol. The Morgan fingerprint density at radius 1 is 1.30 bits per heavy atom. The smallest absolute Gasteiger partial charge is 0.266 e. The molecule has 0 bridgehead atoms. The number of aromatic nitrogens is 2. The Kier molecular flexibility index (Phi) is 8.39. The molecule has 0 aliphatic rings. The van der Waals surface area contributed by atoms with Crippen LogP contribution in [-0.2, 0) is 10.0 Å². The second kappa shape index (κ2) is 10.3. The average molecular weight is 480 g/mol. The van der Waals surface area contributed by atoms with E-state index in [1.807, 2.05) is 6.92 Å². The maximum atomic E-state index is 14.4. The maximum Gasteiger partial charge on any atom is 0.266 e. The van der Waals surface area contributed by atoms with Crippen LogP contribution in [0.2, 0.25) is 0 Å². The zero-order valence-electron chi connectivity index (χ0n) is 14.9. The fraction of sp³-hybridized carbons (Fsp3) is 0.500. The lowest BCUT2D eigenvalue weighted by Gasteiger charge is -2.12. The normalized spacial score (nSPS) is 12.7. The van der Waals surface area contributed by atoms with E-state index in [0.717, 1.165) is 43.6 Å². The minimum absolute atomic E-state index is 0.0803. The van der Waals surface area contributed by atoms with Gasteiger partial charge in [0.05, 0.1) is 5.69 Å². The van der Waals surface area contributed by atoms with Crippen LogP contribution < -0.4 is 15.8 Å². The van der Waals surface area contributed by atoms with Gasteiger partial charge < -0.3 is 11.1 Å². The van der Waals surface area contributed by atoms with Crippen molar-refractivity contribution < 1.29 is 12.8 Å². The summed E-state index contributed by atoms with van der Waals surface area (Å²) in [5.74, 6) is -0.838. The fourth-order valence-corrected chi connectivity index (χ4v) is 4.81. The van der Waals surface area contributed by atoms with Gasteiger partial charge in [-0.25, -0.2) is 17.8 Å². The van der Waals surface area contributed by atoms with Crippen LogP contribution in [-0.4, -0.2) is 30.4 Å². The summed E-state index contributed by atoms with van der Waals surface area (Å²) in [6.45, 7) is 2.67. The van der Waals surface area contributed by atoms with Crippen molar-refractivity contribution in [1.29, 1.82) is 0 Å². The predicted molar refractivity (Wildman–Crippen MR) is 110 cm³/mol. The molecule has 11 heteroatoms. The lowest BCUT2D eigenvalue weighted by molar-refractivity contribution is 0.569. The standard InChI is InChI=1S/C16H23BrFN5O2S2/c1-11(19)6-4-2-3-5-7-20-14-9-13(18)15(8-12(14)17)27(24,25)23-16-21-10-22-26-16/h8-11,20H,2-7,19H2,1H3,(H,21,22,23)/t11-/m0/s1. The summed E-state index contributed by atoms with van der Waals surface area (Å²) in [4.78, 5) is 3.29. The minimum atomic E-state index is -4.08. The second-order valence-corrected chi connectivity index (χ2v) is 9.51. The topological polar surface area (TPSA) is 110 Å². The van der Waals surface area contributed by atoms with Crippen molar-refractivity contribution in [2.75, 3.05) is 16.6 Å². The fourth-order valence-electron chi connectivity index (χ4n) is 2.43. The van der Waals surface area contributed by atoms with Crippen molar-refractivity contribution in [2.45, 2.75) is 50.0 Å². The molecule has 0 fully saturated rings. The first-order chi connectivity index (χ1) is 12.8. The van der Waals surface area contributed by atoms with Crippen molar-refractivity contribution in [1.82, 2.24) is 9.36 Å². The van der Waals surface area contributed by atoms with Crippen LogP contribution in [0, 0.1) is 5.82 Å². The Morgan fingerprint density at radius 3 is 2.70 bits per heavy atom. The lowest BCUT2D eigenvalue weighted by Crippen LogP contribution is -2.15. The molecule has 0 saturated heterocycles. The first-order valence-corrected chi connectivity index (χ1v) is 11.6. The van der Waals surface area contributed by atoms with Crippen LogP contribution in [0.25, 0.3) is 0 Å². The monoisotopic (exact) mass is 479 g/mol. The Hall–Kier alpha value is -1.30. The number of nitrogens with zero attached hydrogens (tertiary/aromatic N) is 2. The van der Waals surface area contributed by atoms with E-state index >= 15 is 0 Å². The molecule has 0 unspecified atom stereocenters. The Labute approximate surface area is 171 Å². The second-order valence-electron chi connectivity index (χ2n) is 6.22. The largest absolute Gasteiger partial charge is 0.384 e. The number of hydrogen-bond acceptors (Lipinski definition) is 7. The van der Waals surface area contributed by atoms with Crippen LogP contribution in [0.4, 0.5) is 15.2 Å². The molecule has 1 aromatic heterocycles. The van der Waals surface area contributed by atoms with Crippen LogP contribution in [0.5, 0.6) is 0 Å². The van der Waals surface area contributed by atoms with Gasteiger partial charge in [-0.3, -0.25) is 4.72 Å². The van der Waals surface area contributed by atoms with Crippen LogP contribution in [0.1, 0.15) is 39.0 Å². The van der Waals surface area contributed by atoms with Gasteiger partial charge in [-0.1, -0.05) is 19.3 Å². The van der Waals surface area contributed by atoms with E-state index in [9.17, 15) is 12.8 Å². The Morgan fingerprint density at radius 2 is 2.04 bits per heavy atom. The highest BCUT2D eigenvalue weighted by atomic mass is 79.9. The van der Waals surface area contributed by atoms with E-state index in [2.05, 4.69) is 35.3 Å². The van der Waals surface area contributed by atoms with Crippen LogP contribution in [0.3, 0.4) is 0 Å². The highest BCUT2D eigenvalue weighted by molar-refractivity contribution is 9.10. The summed E-state index contributed by atoms with van der Waals surface area (Å²) < 4.78 is 45.4.